The SMILES string of the molecule is CCOc1nc(NC)nc(NC2CCCCCCC2)n1. The van der Waals surface area contributed by atoms with Crippen LogP contribution in [0.5, 0.6) is 6.01 Å². The molecule has 0 saturated heterocycles. The Morgan fingerprint density at radius 3 is 2.30 bits per heavy atom. The lowest BCUT2D eigenvalue weighted by Gasteiger charge is -2.21. The standard InChI is InChI=1S/C14H25N5O/c1-3-20-14-18-12(15-2)17-13(19-14)16-11-9-7-5-4-6-8-10-11/h11H,3-10H2,1-2H3,(H2,15,16,17,18,19). The van der Waals surface area contributed by atoms with E-state index in [-0.39, 0.29) is 0 Å². The maximum atomic E-state index is 5.38. The van der Waals surface area contributed by atoms with E-state index in [0.29, 0.717) is 30.6 Å². The fourth-order valence-electron chi connectivity index (χ4n) is 2.51. The van der Waals surface area contributed by atoms with E-state index in [1.165, 1.54) is 44.9 Å². The Morgan fingerprint density at radius 2 is 1.65 bits per heavy atom. The molecule has 0 bridgehead atoms. The maximum Gasteiger partial charge on any atom is 0.323 e. The molecule has 1 aromatic rings. The molecular formula is C14H25N5O. The first kappa shape index (κ1) is 14.8. The molecule has 6 heteroatoms. The molecule has 20 heavy (non-hydrogen) atoms. The van der Waals surface area contributed by atoms with E-state index < -0.39 is 0 Å². The van der Waals surface area contributed by atoms with Crippen molar-refractivity contribution >= 4 is 11.9 Å². The van der Waals surface area contributed by atoms with Gasteiger partial charge in [-0.15, -0.1) is 0 Å². The molecule has 1 aliphatic carbocycles. The molecule has 0 amide bonds. The van der Waals surface area contributed by atoms with Gasteiger partial charge in [-0.25, -0.2) is 0 Å². The molecule has 0 spiro atoms. The van der Waals surface area contributed by atoms with Crippen LogP contribution in [0.15, 0.2) is 0 Å². The second-order valence-corrected chi connectivity index (χ2v) is 5.13. The van der Waals surface area contributed by atoms with Crippen molar-refractivity contribution in [2.24, 2.45) is 0 Å². The zero-order valence-electron chi connectivity index (χ0n) is 12.5. The third kappa shape index (κ3) is 4.51. The van der Waals surface area contributed by atoms with Crippen LogP contribution in [0.3, 0.4) is 0 Å². The molecule has 2 N–H and O–H groups in total. The lowest BCUT2D eigenvalue weighted by molar-refractivity contribution is 0.312. The molecule has 0 aromatic carbocycles. The summed E-state index contributed by atoms with van der Waals surface area (Å²) in [5, 5.41) is 6.38. The third-order valence-electron chi connectivity index (χ3n) is 3.55. The molecule has 112 valence electrons. The number of hydrogen-bond donors (Lipinski definition) is 2. The number of aromatic nitrogens is 3. The predicted octanol–water partition coefficient (Wildman–Crippen LogP) is 2.84. The molecule has 1 saturated carbocycles. The molecule has 1 aromatic heterocycles. The maximum absolute atomic E-state index is 5.38. The zero-order chi connectivity index (χ0) is 14.2. The van der Waals surface area contributed by atoms with E-state index in [1.54, 1.807) is 7.05 Å². The van der Waals surface area contributed by atoms with Crippen molar-refractivity contribution in [1.29, 1.82) is 0 Å². The highest BCUT2D eigenvalue weighted by Gasteiger charge is 2.14. The highest BCUT2D eigenvalue weighted by atomic mass is 16.5. The van der Waals surface area contributed by atoms with Crippen molar-refractivity contribution in [1.82, 2.24) is 15.0 Å². The molecule has 1 fully saturated rings. The molecular weight excluding hydrogens is 254 g/mol. The van der Waals surface area contributed by atoms with Crippen molar-refractivity contribution in [3.63, 3.8) is 0 Å². The summed E-state index contributed by atoms with van der Waals surface area (Å²) in [6.45, 7) is 2.47. The van der Waals surface area contributed by atoms with Gasteiger partial charge in [0.05, 0.1) is 6.61 Å². The Balaban J connectivity index is 2.04. The number of rotatable bonds is 5. The molecule has 0 atom stereocenters. The third-order valence-corrected chi connectivity index (χ3v) is 3.55. The number of ether oxygens (including phenoxy) is 1. The first-order valence-corrected chi connectivity index (χ1v) is 7.65. The number of nitrogens with one attached hydrogen (secondary N) is 2. The van der Waals surface area contributed by atoms with Gasteiger partial charge in [0, 0.05) is 13.1 Å². The van der Waals surface area contributed by atoms with Gasteiger partial charge >= 0.3 is 6.01 Å². The van der Waals surface area contributed by atoms with Gasteiger partial charge < -0.3 is 15.4 Å². The summed E-state index contributed by atoms with van der Waals surface area (Å²) in [6, 6.07) is 0.831. The summed E-state index contributed by atoms with van der Waals surface area (Å²) < 4.78 is 5.38. The van der Waals surface area contributed by atoms with Gasteiger partial charge in [0.1, 0.15) is 0 Å². The molecule has 2 rings (SSSR count). The van der Waals surface area contributed by atoms with Gasteiger partial charge in [0.25, 0.3) is 0 Å². The second-order valence-electron chi connectivity index (χ2n) is 5.13. The largest absolute Gasteiger partial charge is 0.464 e. The van der Waals surface area contributed by atoms with Crippen LogP contribution in [0.2, 0.25) is 0 Å². The Labute approximate surface area is 120 Å². The van der Waals surface area contributed by atoms with Gasteiger partial charge in [-0.2, -0.15) is 15.0 Å². The molecule has 6 nitrogen and oxygen atoms in total. The van der Waals surface area contributed by atoms with E-state index in [2.05, 4.69) is 25.6 Å². The van der Waals surface area contributed by atoms with E-state index in [0.717, 1.165) is 0 Å². The van der Waals surface area contributed by atoms with Crippen LogP contribution in [0.25, 0.3) is 0 Å². The van der Waals surface area contributed by atoms with E-state index in [9.17, 15) is 0 Å². The van der Waals surface area contributed by atoms with Crippen molar-refractivity contribution < 1.29 is 4.74 Å². The zero-order valence-corrected chi connectivity index (χ0v) is 12.5. The minimum absolute atomic E-state index is 0.375. The first-order valence-electron chi connectivity index (χ1n) is 7.65. The molecule has 1 heterocycles. The smallest absolute Gasteiger partial charge is 0.323 e. The van der Waals surface area contributed by atoms with Crippen molar-refractivity contribution in [3.05, 3.63) is 0 Å². The summed E-state index contributed by atoms with van der Waals surface area (Å²) in [4.78, 5) is 12.9. The van der Waals surface area contributed by atoms with E-state index >= 15 is 0 Å². The molecule has 1 aliphatic rings. The number of anilines is 2. The quantitative estimate of drug-likeness (QED) is 0.863. The van der Waals surface area contributed by atoms with Crippen molar-refractivity contribution in [2.45, 2.75) is 57.9 Å². The average Bonchev–Trinajstić information content (AvgIpc) is 2.42. The minimum atomic E-state index is 0.375. The van der Waals surface area contributed by atoms with Gasteiger partial charge in [0.2, 0.25) is 11.9 Å². The Hall–Kier alpha value is -1.59. The molecule has 0 aliphatic heterocycles. The summed E-state index contributed by atoms with van der Waals surface area (Å²) in [7, 11) is 1.80. The van der Waals surface area contributed by atoms with Crippen molar-refractivity contribution in [3.8, 4) is 6.01 Å². The number of hydrogen-bond acceptors (Lipinski definition) is 6. The topological polar surface area (TPSA) is 72.0 Å². The fourth-order valence-corrected chi connectivity index (χ4v) is 2.51. The lowest BCUT2D eigenvalue weighted by Crippen LogP contribution is -2.22. The van der Waals surface area contributed by atoms with Gasteiger partial charge in [-0.05, 0) is 19.8 Å². The minimum Gasteiger partial charge on any atom is -0.464 e. The first-order chi connectivity index (χ1) is 9.81. The van der Waals surface area contributed by atoms with E-state index in [1.807, 2.05) is 6.92 Å². The summed E-state index contributed by atoms with van der Waals surface area (Å²) in [6.07, 6.45) is 8.97. The fraction of sp³-hybridized carbons (Fsp3) is 0.786. The van der Waals surface area contributed by atoms with Gasteiger partial charge in [0.15, 0.2) is 0 Å². The van der Waals surface area contributed by atoms with Crippen LogP contribution in [-0.2, 0) is 0 Å². The van der Waals surface area contributed by atoms with Crippen LogP contribution in [-0.4, -0.2) is 34.6 Å². The van der Waals surface area contributed by atoms with Crippen LogP contribution < -0.4 is 15.4 Å². The second kappa shape index (κ2) is 7.87. The summed E-state index contributed by atoms with van der Waals surface area (Å²) in [5.41, 5.74) is 0. The summed E-state index contributed by atoms with van der Waals surface area (Å²) >= 11 is 0. The van der Waals surface area contributed by atoms with E-state index in [4.69, 9.17) is 4.74 Å². The van der Waals surface area contributed by atoms with Gasteiger partial charge in [-0.1, -0.05) is 32.1 Å². The van der Waals surface area contributed by atoms with Crippen LogP contribution in [0.1, 0.15) is 51.9 Å². The normalized spacial score (nSPS) is 17.1. The molecule has 0 radical (unpaired) electrons. The Morgan fingerprint density at radius 1 is 1.00 bits per heavy atom. The molecule has 0 unspecified atom stereocenters. The Bertz CT molecular complexity index is 405. The highest BCUT2D eigenvalue weighted by Crippen LogP contribution is 2.20. The average molecular weight is 279 g/mol. The van der Waals surface area contributed by atoms with Gasteiger partial charge in [-0.3, -0.25) is 0 Å². The highest BCUT2D eigenvalue weighted by molar-refractivity contribution is 5.36. The predicted molar refractivity (Wildman–Crippen MR) is 80.3 cm³/mol. The van der Waals surface area contributed by atoms with Crippen LogP contribution in [0.4, 0.5) is 11.9 Å². The van der Waals surface area contributed by atoms with Crippen LogP contribution >= 0.6 is 0 Å². The summed E-state index contributed by atoms with van der Waals surface area (Å²) in [5.74, 6) is 1.15. The number of nitrogens with zero attached hydrogens (tertiary/aromatic N) is 3. The lowest BCUT2D eigenvalue weighted by atomic mass is 9.97. The van der Waals surface area contributed by atoms with Crippen LogP contribution in [0, 0.1) is 0 Å². The monoisotopic (exact) mass is 279 g/mol. The van der Waals surface area contributed by atoms with Crippen molar-refractivity contribution in [2.75, 3.05) is 24.3 Å². The Kier molecular flexibility index (Phi) is 5.83.